The first-order valence-electron chi connectivity index (χ1n) is 7.53. The van der Waals surface area contributed by atoms with Gasteiger partial charge in [-0.25, -0.2) is 8.42 Å². The van der Waals surface area contributed by atoms with Gasteiger partial charge in [-0.05, 0) is 12.5 Å². The number of sulfone groups is 1. The summed E-state index contributed by atoms with van der Waals surface area (Å²) in [6.45, 7) is 1.69. The molecular weight excluding hydrogens is 322 g/mol. The lowest BCUT2D eigenvalue weighted by atomic mass is 10.1. The van der Waals surface area contributed by atoms with Crippen LogP contribution in [0.1, 0.15) is 12.0 Å². The number of ether oxygens (including phenoxy) is 3. The van der Waals surface area contributed by atoms with E-state index in [4.69, 9.17) is 14.2 Å². The van der Waals surface area contributed by atoms with E-state index in [2.05, 4.69) is 0 Å². The third kappa shape index (κ3) is 3.70. The van der Waals surface area contributed by atoms with Crippen molar-refractivity contribution in [3.63, 3.8) is 0 Å². The SMILES string of the molecule is COCCN(Cc1cc2c(cc1O)OCO2)[C@H]1CCS(=O)(=O)C1. The Hall–Kier alpha value is -1.51. The molecule has 2 aliphatic rings. The number of hydrogen-bond acceptors (Lipinski definition) is 7. The van der Waals surface area contributed by atoms with Crippen LogP contribution in [0.25, 0.3) is 0 Å². The van der Waals surface area contributed by atoms with Crippen LogP contribution in [0.3, 0.4) is 0 Å². The Morgan fingerprint density at radius 3 is 2.74 bits per heavy atom. The maximum Gasteiger partial charge on any atom is 0.231 e. The van der Waals surface area contributed by atoms with Crippen molar-refractivity contribution in [2.75, 3.05) is 38.6 Å². The van der Waals surface area contributed by atoms with Crippen molar-refractivity contribution in [1.82, 2.24) is 4.90 Å². The molecule has 3 rings (SSSR count). The molecule has 0 aromatic heterocycles. The fourth-order valence-electron chi connectivity index (χ4n) is 2.98. The molecule has 0 amide bonds. The second-order valence-corrected chi connectivity index (χ2v) is 8.08. The van der Waals surface area contributed by atoms with Gasteiger partial charge in [0, 0.05) is 37.9 Å². The molecular formula is C15H21NO6S. The first-order valence-corrected chi connectivity index (χ1v) is 9.35. The van der Waals surface area contributed by atoms with Gasteiger partial charge in [0.05, 0.1) is 18.1 Å². The highest BCUT2D eigenvalue weighted by Gasteiger charge is 2.32. The molecule has 1 aromatic carbocycles. The van der Waals surface area contributed by atoms with Crippen LogP contribution in [0.5, 0.6) is 17.2 Å². The van der Waals surface area contributed by atoms with Crippen LogP contribution in [0.15, 0.2) is 12.1 Å². The highest BCUT2D eigenvalue weighted by molar-refractivity contribution is 7.91. The standard InChI is InChI=1S/C15H21NO6S/c1-20-4-3-16(12-2-5-23(18,19)9-12)8-11-6-14-15(7-13(11)17)22-10-21-14/h6-7,12,17H,2-5,8-10H2,1H3/t12-/m0/s1. The monoisotopic (exact) mass is 343 g/mol. The van der Waals surface area contributed by atoms with Crippen LogP contribution in [-0.4, -0.2) is 63.0 Å². The number of rotatable bonds is 6. The number of phenols is 1. The quantitative estimate of drug-likeness (QED) is 0.816. The lowest BCUT2D eigenvalue weighted by molar-refractivity contribution is 0.120. The van der Waals surface area contributed by atoms with E-state index in [0.717, 1.165) is 0 Å². The summed E-state index contributed by atoms with van der Waals surface area (Å²) in [4.78, 5) is 2.05. The van der Waals surface area contributed by atoms with E-state index >= 15 is 0 Å². The maximum absolute atomic E-state index is 11.7. The van der Waals surface area contributed by atoms with Gasteiger partial charge in [-0.1, -0.05) is 0 Å². The molecule has 1 aromatic rings. The minimum Gasteiger partial charge on any atom is -0.507 e. The largest absolute Gasteiger partial charge is 0.507 e. The Bertz CT molecular complexity index is 675. The van der Waals surface area contributed by atoms with Gasteiger partial charge in [0.25, 0.3) is 0 Å². The highest BCUT2D eigenvalue weighted by atomic mass is 32.2. The van der Waals surface area contributed by atoms with Gasteiger partial charge in [-0.2, -0.15) is 0 Å². The predicted molar refractivity (Wildman–Crippen MR) is 83.6 cm³/mol. The van der Waals surface area contributed by atoms with Crippen LogP contribution in [-0.2, 0) is 21.1 Å². The number of fused-ring (bicyclic) bond motifs is 1. The summed E-state index contributed by atoms with van der Waals surface area (Å²) in [5.74, 6) is 1.62. The summed E-state index contributed by atoms with van der Waals surface area (Å²) < 4.78 is 39.2. The van der Waals surface area contributed by atoms with Crippen LogP contribution >= 0.6 is 0 Å². The minimum absolute atomic E-state index is 0.0556. The average Bonchev–Trinajstić information content (AvgIpc) is 3.09. The van der Waals surface area contributed by atoms with Crippen LogP contribution in [0.2, 0.25) is 0 Å². The summed E-state index contributed by atoms with van der Waals surface area (Å²) in [6.07, 6.45) is 0.608. The van der Waals surface area contributed by atoms with Crippen LogP contribution < -0.4 is 9.47 Å². The first kappa shape index (κ1) is 16.4. The van der Waals surface area contributed by atoms with Crippen molar-refractivity contribution in [3.05, 3.63) is 17.7 Å². The van der Waals surface area contributed by atoms with E-state index in [-0.39, 0.29) is 30.1 Å². The zero-order valence-corrected chi connectivity index (χ0v) is 13.8. The third-order valence-corrected chi connectivity index (χ3v) is 6.01. The van der Waals surface area contributed by atoms with Crippen molar-refractivity contribution in [2.45, 2.75) is 19.0 Å². The first-order chi connectivity index (χ1) is 11.0. The zero-order valence-electron chi connectivity index (χ0n) is 13.0. The second-order valence-electron chi connectivity index (χ2n) is 5.85. The Labute approximate surface area is 135 Å². The number of phenolic OH excluding ortho intramolecular Hbond substituents is 1. The molecule has 2 aliphatic heterocycles. The average molecular weight is 343 g/mol. The van der Waals surface area contributed by atoms with E-state index in [1.54, 1.807) is 13.2 Å². The van der Waals surface area contributed by atoms with Gasteiger partial charge >= 0.3 is 0 Å². The summed E-state index contributed by atoms with van der Waals surface area (Å²) in [5.41, 5.74) is 0.689. The van der Waals surface area contributed by atoms with Gasteiger partial charge in [-0.15, -0.1) is 0 Å². The summed E-state index contributed by atoms with van der Waals surface area (Å²) in [5, 5.41) is 10.2. The predicted octanol–water partition coefficient (Wildman–Crippen LogP) is 0.756. The maximum atomic E-state index is 11.7. The van der Waals surface area contributed by atoms with E-state index in [1.165, 1.54) is 6.07 Å². The van der Waals surface area contributed by atoms with Crippen molar-refractivity contribution in [2.24, 2.45) is 0 Å². The van der Waals surface area contributed by atoms with E-state index < -0.39 is 9.84 Å². The summed E-state index contributed by atoms with van der Waals surface area (Å²) >= 11 is 0. The number of methoxy groups -OCH3 is 1. The van der Waals surface area contributed by atoms with Gasteiger partial charge in [0.2, 0.25) is 6.79 Å². The molecule has 1 saturated heterocycles. The Balaban J connectivity index is 1.78. The smallest absolute Gasteiger partial charge is 0.231 e. The van der Waals surface area contributed by atoms with Crippen molar-refractivity contribution < 1.29 is 27.7 Å². The molecule has 7 nitrogen and oxygen atoms in total. The van der Waals surface area contributed by atoms with E-state index in [0.29, 0.717) is 43.2 Å². The molecule has 1 fully saturated rings. The topological polar surface area (TPSA) is 85.3 Å². The van der Waals surface area contributed by atoms with Gasteiger partial charge in [-0.3, -0.25) is 4.90 Å². The van der Waals surface area contributed by atoms with Crippen molar-refractivity contribution in [3.8, 4) is 17.2 Å². The number of aromatic hydroxyl groups is 1. The van der Waals surface area contributed by atoms with Gasteiger partial charge in [0.1, 0.15) is 5.75 Å². The van der Waals surface area contributed by atoms with E-state index in [1.807, 2.05) is 4.90 Å². The Kier molecular flexibility index (Phi) is 4.65. The van der Waals surface area contributed by atoms with E-state index in [9.17, 15) is 13.5 Å². The fraction of sp³-hybridized carbons (Fsp3) is 0.600. The second kappa shape index (κ2) is 6.54. The molecule has 0 spiro atoms. The lowest BCUT2D eigenvalue weighted by Gasteiger charge is -2.28. The molecule has 0 unspecified atom stereocenters. The lowest BCUT2D eigenvalue weighted by Crippen LogP contribution is -2.38. The zero-order chi connectivity index (χ0) is 16.4. The molecule has 1 N–H and O–H groups in total. The van der Waals surface area contributed by atoms with Crippen LogP contribution in [0, 0.1) is 0 Å². The van der Waals surface area contributed by atoms with Crippen molar-refractivity contribution >= 4 is 9.84 Å². The molecule has 8 heteroatoms. The Morgan fingerprint density at radius 1 is 1.35 bits per heavy atom. The number of benzene rings is 1. The molecule has 23 heavy (non-hydrogen) atoms. The summed E-state index contributed by atoms with van der Waals surface area (Å²) in [7, 11) is -1.35. The third-order valence-electron chi connectivity index (χ3n) is 4.25. The normalized spacial score (nSPS) is 21.9. The van der Waals surface area contributed by atoms with Crippen molar-refractivity contribution in [1.29, 1.82) is 0 Å². The van der Waals surface area contributed by atoms with Gasteiger partial charge in [0.15, 0.2) is 21.3 Å². The molecule has 2 heterocycles. The van der Waals surface area contributed by atoms with Crippen LogP contribution in [0.4, 0.5) is 0 Å². The molecule has 0 bridgehead atoms. The summed E-state index contributed by atoms with van der Waals surface area (Å²) in [6, 6.07) is 3.23. The van der Waals surface area contributed by atoms with Gasteiger partial charge < -0.3 is 19.3 Å². The molecule has 0 radical (unpaired) electrons. The Morgan fingerprint density at radius 2 is 2.09 bits per heavy atom. The molecule has 128 valence electrons. The number of hydrogen-bond donors (Lipinski definition) is 1. The molecule has 0 aliphatic carbocycles. The highest BCUT2D eigenvalue weighted by Crippen LogP contribution is 2.38. The number of nitrogens with zero attached hydrogens (tertiary/aromatic N) is 1. The molecule has 1 atom stereocenters. The molecule has 0 saturated carbocycles. The fourth-order valence-corrected chi connectivity index (χ4v) is 4.74. The minimum atomic E-state index is -2.97.